The van der Waals surface area contributed by atoms with Gasteiger partial charge in [0.15, 0.2) is 0 Å². The molecule has 0 aliphatic carbocycles. The van der Waals surface area contributed by atoms with Crippen molar-refractivity contribution < 1.29 is 8.42 Å². The molecule has 0 amide bonds. The van der Waals surface area contributed by atoms with E-state index < -0.39 is 10.0 Å². The van der Waals surface area contributed by atoms with Crippen LogP contribution in [-0.2, 0) is 10.0 Å². The molecule has 1 N–H and O–H groups in total. The number of fused-ring (bicyclic) bond motifs is 1. The molecule has 0 fully saturated rings. The molecule has 4 rings (SSSR count). The van der Waals surface area contributed by atoms with Gasteiger partial charge in [-0.1, -0.05) is 60.7 Å². The molecular weight excluding hydrogens is 402 g/mol. The smallest absolute Gasteiger partial charge is 0.261 e. The van der Waals surface area contributed by atoms with Crippen molar-refractivity contribution in [2.75, 3.05) is 0 Å². The second-order valence-electron chi connectivity index (χ2n) is 6.13. The van der Waals surface area contributed by atoms with Gasteiger partial charge in [-0.25, -0.2) is 13.4 Å². The highest BCUT2D eigenvalue weighted by molar-refractivity contribution is 7.89. The minimum Gasteiger partial charge on any atom is -0.278 e. The maximum Gasteiger partial charge on any atom is 0.261 e. The number of nitrogens with zero attached hydrogens (tertiary/aromatic N) is 2. The number of para-hydroxylation sites is 1. The third kappa shape index (κ3) is 3.90. The summed E-state index contributed by atoms with van der Waals surface area (Å²) in [4.78, 5) is 4.66. The normalized spacial score (nSPS) is 12.2. The lowest BCUT2D eigenvalue weighted by Gasteiger charge is -2.14. The van der Waals surface area contributed by atoms with Crippen molar-refractivity contribution in [3.05, 3.63) is 95.5 Å². The molecule has 4 aromatic rings. The Morgan fingerprint density at radius 2 is 1.52 bits per heavy atom. The molecule has 0 spiro atoms. The fourth-order valence-electron chi connectivity index (χ4n) is 2.84. The molecule has 0 unspecified atom stereocenters. The monoisotopic (exact) mass is 417 g/mol. The lowest BCUT2D eigenvalue weighted by Crippen LogP contribution is -2.23. The summed E-state index contributed by atoms with van der Waals surface area (Å²) < 4.78 is 29.5. The molecule has 1 heterocycles. The van der Waals surface area contributed by atoms with E-state index in [1.54, 1.807) is 42.5 Å². The standard InChI is InChI=1S/C22H15N3O2S2/c23-15-18(22-24-19-13-7-8-14-20(19)28-22)21(16-9-3-1-4-10-16)25-29(26,27)17-11-5-2-6-12-17/h1-14,25H/b21-18-. The number of nitriles is 1. The third-order valence-corrected chi connectivity index (χ3v) is 6.64. The van der Waals surface area contributed by atoms with Crippen molar-refractivity contribution >= 4 is 42.8 Å². The van der Waals surface area contributed by atoms with E-state index in [1.165, 1.54) is 23.5 Å². The molecule has 7 heteroatoms. The van der Waals surface area contributed by atoms with E-state index in [2.05, 4.69) is 15.8 Å². The molecule has 0 saturated carbocycles. The van der Waals surface area contributed by atoms with Crippen LogP contribution in [0.4, 0.5) is 0 Å². The molecule has 0 aliphatic heterocycles. The molecule has 29 heavy (non-hydrogen) atoms. The van der Waals surface area contributed by atoms with Crippen LogP contribution in [-0.4, -0.2) is 13.4 Å². The van der Waals surface area contributed by atoms with Crippen molar-refractivity contribution in [2.24, 2.45) is 0 Å². The molecule has 0 bridgehead atoms. The largest absolute Gasteiger partial charge is 0.278 e. The van der Waals surface area contributed by atoms with Gasteiger partial charge in [0.1, 0.15) is 16.6 Å². The number of benzene rings is 3. The van der Waals surface area contributed by atoms with Crippen LogP contribution in [0.2, 0.25) is 0 Å². The van der Waals surface area contributed by atoms with Gasteiger partial charge < -0.3 is 0 Å². The average Bonchev–Trinajstić information content (AvgIpc) is 3.18. The zero-order valence-corrected chi connectivity index (χ0v) is 16.7. The quantitative estimate of drug-likeness (QED) is 0.479. The summed E-state index contributed by atoms with van der Waals surface area (Å²) in [5.41, 5.74) is 1.73. The van der Waals surface area contributed by atoms with Crippen LogP contribution in [0.1, 0.15) is 10.6 Å². The van der Waals surface area contributed by atoms with Crippen LogP contribution in [0.25, 0.3) is 21.5 Å². The van der Waals surface area contributed by atoms with Gasteiger partial charge in [0, 0.05) is 5.56 Å². The minimum atomic E-state index is -3.88. The number of thiazole rings is 1. The maximum absolute atomic E-state index is 13.0. The first kappa shape index (κ1) is 18.9. The van der Waals surface area contributed by atoms with Crippen LogP contribution in [0.5, 0.6) is 0 Å². The Morgan fingerprint density at radius 1 is 0.897 bits per heavy atom. The van der Waals surface area contributed by atoms with Crippen molar-refractivity contribution in [1.29, 1.82) is 5.26 Å². The Hall–Kier alpha value is -3.47. The third-order valence-electron chi connectivity index (χ3n) is 4.22. The fourth-order valence-corrected chi connectivity index (χ4v) is 4.93. The Balaban J connectivity index is 1.91. The lowest BCUT2D eigenvalue weighted by atomic mass is 10.1. The topological polar surface area (TPSA) is 82.9 Å². The summed E-state index contributed by atoms with van der Waals surface area (Å²) in [6, 6.07) is 26.7. The first-order valence-electron chi connectivity index (χ1n) is 8.72. The van der Waals surface area contributed by atoms with E-state index in [-0.39, 0.29) is 16.2 Å². The van der Waals surface area contributed by atoms with Crippen LogP contribution in [0.3, 0.4) is 0 Å². The molecule has 142 valence electrons. The summed E-state index contributed by atoms with van der Waals surface area (Å²) in [5.74, 6) is 0. The zero-order chi connectivity index (χ0) is 20.3. The molecule has 0 radical (unpaired) electrons. The number of aromatic nitrogens is 1. The van der Waals surface area contributed by atoms with Gasteiger partial charge in [0.05, 0.1) is 20.8 Å². The first-order chi connectivity index (χ1) is 14.1. The van der Waals surface area contributed by atoms with E-state index in [0.717, 1.165) is 10.2 Å². The number of nitrogens with one attached hydrogen (secondary N) is 1. The molecule has 0 saturated heterocycles. The summed E-state index contributed by atoms with van der Waals surface area (Å²) in [7, 11) is -3.88. The van der Waals surface area contributed by atoms with Crippen molar-refractivity contribution in [3.8, 4) is 6.07 Å². The number of sulfonamides is 1. The predicted octanol–water partition coefficient (Wildman–Crippen LogP) is 4.67. The molecule has 5 nitrogen and oxygen atoms in total. The van der Waals surface area contributed by atoms with Crippen LogP contribution >= 0.6 is 11.3 Å². The fraction of sp³-hybridized carbons (Fsp3) is 0. The zero-order valence-electron chi connectivity index (χ0n) is 15.1. The van der Waals surface area contributed by atoms with E-state index in [9.17, 15) is 13.7 Å². The maximum atomic E-state index is 13.0. The second kappa shape index (κ2) is 7.87. The van der Waals surface area contributed by atoms with Crippen molar-refractivity contribution in [3.63, 3.8) is 0 Å². The van der Waals surface area contributed by atoms with Crippen LogP contribution in [0, 0.1) is 11.3 Å². The van der Waals surface area contributed by atoms with Gasteiger partial charge in [0.2, 0.25) is 0 Å². The summed E-state index contributed by atoms with van der Waals surface area (Å²) in [5, 5.41) is 10.4. The van der Waals surface area contributed by atoms with Gasteiger partial charge in [-0.2, -0.15) is 5.26 Å². The summed E-state index contributed by atoms with van der Waals surface area (Å²) in [6.07, 6.45) is 0. The molecule has 1 aromatic heterocycles. The highest BCUT2D eigenvalue weighted by Gasteiger charge is 2.22. The van der Waals surface area contributed by atoms with Gasteiger partial charge in [-0.3, -0.25) is 4.72 Å². The van der Waals surface area contributed by atoms with E-state index in [1.807, 2.05) is 30.3 Å². The number of hydrogen-bond acceptors (Lipinski definition) is 5. The number of rotatable bonds is 5. The first-order valence-corrected chi connectivity index (χ1v) is 11.0. The Bertz CT molecular complexity index is 1300. The van der Waals surface area contributed by atoms with Gasteiger partial charge in [0.25, 0.3) is 10.0 Å². The van der Waals surface area contributed by atoms with Gasteiger partial charge >= 0.3 is 0 Å². The highest BCUT2D eigenvalue weighted by atomic mass is 32.2. The average molecular weight is 418 g/mol. The number of hydrogen-bond donors (Lipinski definition) is 1. The Morgan fingerprint density at radius 3 is 2.17 bits per heavy atom. The van der Waals surface area contributed by atoms with Crippen molar-refractivity contribution in [2.45, 2.75) is 4.90 Å². The van der Waals surface area contributed by atoms with Gasteiger partial charge in [-0.15, -0.1) is 11.3 Å². The van der Waals surface area contributed by atoms with Crippen molar-refractivity contribution in [1.82, 2.24) is 9.71 Å². The highest BCUT2D eigenvalue weighted by Crippen LogP contribution is 2.31. The van der Waals surface area contributed by atoms with E-state index in [0.29, 0.717) is 10.6 Å². The Labute approximate surface area is 172 Å². The molecule has 3 aromatic carbocycles. The Kier molecular flexibility index (Phi) is 5.12. The van der Waals surface area contributed by atoms with E-state index >= 15 is 0 Å². The van der Waals surface area contributed by atoms with Gasteiger partial charge in [-0.05, 0) is 24.3 Å². The predicted molar refractivity (Wildman–Crippen MR) is 115 cm³/mol. The summed E-state index contributed by atoms with van der Waals surface area (Å²) >= 11 is 1.35. The lowest BCUT2D eigenvalue weighted by molar-refractivity contribution is 0.591. The van der Waals surface area contributed by atoms with Crippen LogP contribution in [0.15, 0.2) is 89.8 Å². The minimum absolute atomic E-state index is 0.120. The van der Waals surface area contributed by atoms with E-state index in [4.69, 9.17) is 0 Å². The SMILES string of the molecule is N#C/C(=C(/NS(=O)(=O)c1ccccc1)c1ccccc1)c1nc2ccccc2s1. The molecule has 0 aliphatic rings. The number of allylic oxidation sites excluding steroid dienone is 1. The molecular formula is C22H15N3O2S2. The van der Waals surface area contributed by atoms with Crippen LogP contribution < -0.4 is 4.72 Å². The second-order valence-corrected chi connectivity index (χ2v) is 8.85. The summed E-state index contributed by atoms with van der Waals surface area (Å²) in [6.45, 7) is 0. The molecule has 0 atom stereocenters.